The third kappa shape index (κ3) is 4.98. The lowest BCUT2D eigenvalue weighted by molar-refractivity contribution is -0.116. The number of sulfonamides is 2. The fourth-order valence-corrected chi connectivity index (χ4v) is 7.21. The SMILES string of the molecule is Cc1ccc(C(CNS(=O)(=O)c2ccc(N3C(=O)CCS3(=O)=O)cc2C)N2CCCC2)cc1. The van der Waals surface area contributed by atoms with Crippen LogP contribution in [-0.4, -0.2) is 53.0 Å². The van der Waals surface area contributed by atoms with Gasteiger partial charge in [-0.05, 0) is 69.1 Å². The van der Waals surface area contributed by atoms with Crippen LogP contribution in [0.1, 0.15) is 42.0 Å². The monoisotopic (exact) mass is 491 g/mol. The van der Waals surface area contributed by atoms with Gasteiger partial charge in [-0.3, -0.25) is 9.69 Å². The van der Waals surface area contributed by atoms with Gasteiger partial charge >= 0.3 is 0 Å². The topological polar surface area (TPSA) is 104 Å². The largest absolute Gasteiger partial charge is 0.295 e. The van der Waals surface area contributed by atoms with E-state index in [-0.39, 0.29) is 35.3 Å². The van der Waals surface area contributed by atoms with Crippen molar-refractivity contribution in [1.29, 1.82) is 0 Å². The lowest BCUT2D eigenvalue weighted by Crippen LogP contribution is -2.37. The lowest BCUT2D eigenvalue weighted by atomic mass is 10.0. The Morgan fingerprint density at radius 3 is 2.27 bits per heavy atom. The standard InChI is InChI=1S/C23H29N3O5S2/c1-17-5-7-19(8-6-17)21(25-12-3-4-13-25)16-24-33(30,31)22-10-9-20(15-18(22)2)26-23(27)11-14-32(26,28)29/h5-10,15,21,24H,3-4,11-14,16H2,1-2H3. The minimum absolute atomic E-state index is 0.0689. The summed E-state index contributed by atoms with van der Waals surface area (Å²) in [5.74, 6) is -0.738. The molecule has 0 bridgehead atoms. The number of benzene rings is 2. The van der Waals surface area contributed by atoms with Crippen molar-refractivity contribution in [2.75, 3.05) is 29.7 Å². The van der Waals surface area contributed by atoms with Gasteiger partial charge in [-0.15, -0.1) is 0 Å². The highest BCUT2D eigenvalue weighted by molar-refractivity contribution is 7.94. The van der Waals surface area contributed by atoms with Crippen molar-refractivity contribution in [2.45, 2.75) is 44.0 Å². The molecule has 178 valence electrons. The van der Waals surface area contributed by atoms with Gasteiger partial charge in [-0.2, -0.15) is 0 Å². The number of carbonyl (C=O) groups is 1. The Bertz CT molecular complexity index is 1250. The molecule has 2 fully saturated rings. The first-order chi connectivity index (χ1) is 15.6. The van der Waals surface area contributed by atoms with Gasteiger partial charge in [-0.1, -0.05) is 29.8 Å². The molecule has 0 aromatic heterocycles. The Hall–Kier alpha value is -2.27. The third-order valence-corrected chi connectivity index (χ3v) is 9.55. The molecular weight excluding hydrogens is 462 g/mol. The van der Waals surface area contributed by atoms with E-state index in [0.29, 0.717) is 5.56 Å². The highest BCUT2D eigenvalue weighted by Crippen LogP contribution is 2.29. The number of rotatable bonds is 7. The number of carbonyl (C=O) groups excluding carboxylic acids is 1. The van der Waals surface area contributed by atoms with Gasteiger partial charge in [-0.25, -0.2) is 25.9 Å². The van der Waals surface area contributed by atoms with E-state index in [1.807, 2.05) is 31.2 Å². The van der Waals surface area contributed by atoms with Crippen LogP contribution in [0.5, 0.6) is 0 Å². The van der Waals surface area contributed by atoms with Crippen molar-refractivity contribution in [2.24, 2.45) is 0 Å². The Morgan fingerprint density at radius 1 is 1.03 bits per heavy atom. The first-order valence-corrected chi connectivity index (χ1v) is 14.1. The van der Waals surface area contributed by atoms with Crippen LogP contribution < -0.4 is 9.03 Å². The van der Waals surface area contributed by atoms with Crippen LogP contribution in [0.15, 0.2) is 47.4 Å². The number of aryl methyl sites for hydroxylation is 2. The molecule has 4 rings (SSSR count). The average molecular weight is 492 g/mol. The molecule has 2 aliphatic heterocycles. The summed E-state index contributed by atoms with van der Waals surface area (Å²) in [6.45, 7) is 5.69. The molecule has 1 N–H and O–H groups in total. The predicted octanol–water partition coefficient (Wildman–Crippen LogP) is 2.49. The zero-order valence-corrected chi connectivity index (χ0v) is 20.5. The second-order valence-electron chi connectivity index (χ2n) is 8.70. The Labute approximate surface area is 195 Å². The number of hydrogen-bond acceptors (Lipinski definition) is 6. The van der Waals surface area contributed by atoms with Crippen LogP contribution in [0.2, 0.25) is 0 Å². The molecule has 2 saturated heterocycles. The molecular formula is C23H29N3O5S2. The molecule has 33 heavy (non-hydrogen) atoms. The maximum atomic E-state index is 13.2. The average Bonchev–Trinajstić information content (AvgIpc) is 3.37. The summed E-state index contributed by atoms with van der Waals surface area (Å²) in [7, 11) is -7.55. The third-order valence-electron chi connectivity index (χ3n) is 6.27. The van der Waals surface area contributed by atoms with E-state index in [9.17, 15) is 21.6 Å². The van der Waals surface area contributed by atoms with Gasteiger partial charge in [0.05, 0.1) is 16.3 Å². The van der Waals surface area contributed by atoms with Gasteiger partial charge < -0.3 is 0 Å². The molecule has 0 spiro atoms. The summed E-state index contributed by atoms with van der Waals surface area (Å²) in [4.78, 5) is 14.4. The molecule has 2 aromatic carbocycles. The smallest absolute Gasteiger partial charge is 0.242 e. The zero-order chi connectivity index (χ0) is 23.8. The fourth-order valence-electron chi connectivity index (χ4n) is 4.50. The van der Waals surface area contributed by atoms with E-state index in [2.05, 4.69) is 9.62 Å². The summed E-state index contributed by atoms with van der Waals surface area (Å²) >= 11 is 0. The minimum Gasteiger partial charge on any atom is -0.295 e. The van der Waals surface area contributed by atoms with Crippen molar-refractivity contribution in [1.82, 2.24) is 9.62 Å². The summed E-state index contributed by atoms with van der Waals surface area (Å²) in [6, 6.07) is 12.3. The van der Waals surface area contributed by atoms with Gasteiger partial charge in [0, 0.05) is 19.0 Å². The van der Waals surface area contributed by atoms with E-state index in [4.69, 9.17) is 0 Å². The van der Waals surface area contributed by atoms with Gasteiger partial charge in [0.1, 0.15) is 0 Å². The van der Waals surface area contributed by atoms with Crippen LogP contribution in [0, 0.1) is 13.8 Å². The molecule has 2 aliphatic rings. The molecule has 1 atom stereocenters. The second kappa shape index (κ2) is 9.17. The normalized spacial score (nSPS) is 19.8. The van der Waals surface area contributed by atoms with Gasteiger partial charge in [0.15, 0.2) is 0 Å². The summed E-state index contributed by atoms with van der Waals surface area (Å²) in [6.07, 6.45) is 2.11. The second-order valence-corrected chi connectivity index (χ2v) is 12.4. The summed E-state index contributed by atoms with van der Waals surface area (Å²) < 4.78 is 54.2. The summed E-state index contributed by atoms with van der Waals surface area (Å²) in [5, 5.41) is 0. The molecule has 0 aliphatic carbocycles. The van der Waals surface area contributed by atoms with E-state index in [1.54, 1.807) is 6.92 Å². The molecule has 1 unspecified atom stereocenters. The van der Waals surface area contributed by atoms with E-state index in [1.165, 1.54) is 18.2 Å². The van der Waals surface area contributed by atoms with Crippen LogP contribution in [0.3, 0.4) is 0 Å². The maximum Gasteiger partial charge on any atom is 0.242 e. The number of nitrogens with one attached hydrogen (secondary N) is 1. The highest BCUT2D eigenvalue weighted by Gasteiger charge is 2.36. The van der Waals surface area contributed by atoms with Crippen LogP contribution in [-0.2, 0) is 24.8 Å². The van der Waals surface area contributed by atoms with E-state index < -0.39 is 26.0 Å². The molecule has 8 nitrogen and oxygen atoms in total. The minimum atomic E-state index is -3.84. The van der Waals surface area contributed by atoms with Crippen LogP contribution in [0.4, 0.5) is 5.69 Å². The quantitative estimate of drug-likeness (QED) is 0.638. The first-order valence-electron chi connectivity index (χ1n) is 11.1. The van der Waals surface area contributed by atoms with Gasteiger partial charge in [0.2, 0.25) is 26.0 Å². The van der Waals surface area contributed by atoms with Crippen molar-refractivity contribution < 1.29 is 21.6 Å². The molecule has 0 radical (unpaired) electrons. The van der Waals surface area contributed by atoms with E-state index >= 15 is 0 Å². The summed E-state index contributed by atoms with van der Waals surface area (Å²) in [5.41, 5.74) is 2.76. The molecule has 1 amide bonds. The number of likely N-dealkylation sites (tertiary alicyclic amines) is 1. The zero-order valence-electron chi connectivity index (χ0n) is 18.8. The predicted molar refractivity (Wildman–Crippen MR) is 127 cm³/mol. The molecule has 0 saturated carbocycles. The molecule has 10 heteroatoms. The maximum absolute atomic E-state index is 13.2. The number of nitrogens with zero attached hydrogens (tertiary/aromatic N) is 2. The van der Waals surface area contributed by atoms with Crippen LogP contribution in [0.25, 0.3) is 0 Å². The number of amides is 1. The Balaban J connectivity index is 1.56. The lowest BCUT2D eigenvalue weighted by Gasteiger charge is -2.28. The van der Waals surface area contributed by atoms with E-state index in [0.717, 1.165) is 41.4 Å². The molecule has 2 aromatic rings. The Morgan fingerprint density at radius 2 is 1.70 bits per heavy atom. The van der Waals surface area contributed by atoms with Crippen molar-refractivity contribution >= 4 is 31.6 Å². The number of anilines is 1. The van der Waals surface area contributed by atoms with Crippen molar-refractivity contribution in [3.05, 3.63) is 59.2 Å². The van der Waals surface area contributed by atoms with Crippen molar-refractivity contribution in [3.63, 3.8) is 0 Å². The van der Waals surface area contributed by atoms with Gasteiger partial charge in [0.25, 0.3) is 0 Å². The molecule has 2 heterocycles. The first kappa shape index (κ1) is 23.9. The van der Waals surface area contributed by atoms with Crippen LogP contribution >= 0.6 is 0 Å². The number of hydrogen-bond donors (Lipinski definition) is 1. The van der Waals surface area contributed by atoms with Crippen molar-refractivity contribution in [3.8, 4) is 0 Å². The fraction of sp³-hybridized carbons (Fsp3) is 0.435. The Kier molecular flexibility index (Phi) is 6.63. The highest BCUT2D eigenvalue weighted by atomic mass is 32.2.